The molecule has 0 saturated carbocycles. The molecule has 9 N–H and O–H groups in total. The standard InChI is InChI=1S/C12H23N3O8S/c13-7(5-24-4-6(19)1-16)10(20)14-8(2-17)11(21)15-9(3-18)12(22)23/h6-9,16-19H,1-5,13H2,(H,14,20)(H,15,21)(H,22,23)/t6?,7-,8-,9-/m0/s1. The Kier molecular flexibility index (Phi) is 11.3. The molecule has 0 aromatic heterocycles. The Morgan fingerprint density at radius 2 is 1.46 bits per heavy atom. The molecule has 0 spiro atoms. The van der Waals surface area contributed by atoms with Crippen molar-refractivity contribution in [2.24, 2.45) is 5.73 Å². The number of aliphatic hydroxyl groups is 4. The van der Waals surface area contributed by atoms with Gasteiger partial charge in [-0.3, -0.25) is 9.59 Å². The summed E-state index contributed by atoms with van der Waals surface area (Å²) in [5.41, 5.74) is 5.60. The smallest absolute Gasteiger partial charge is 0.328 e. The first-order valence-electron chi connectivity index (χ1n) is 6.94. The molecule has 0 aromatic carbocycles. The van der Waals surface area contributed by atoms with Crippen molar-refractivity contribution in [1.82, 2.24) is 10.6 Å². The van der Waals surface area contributed by atoms with Gasteiger partial charge in [0.15, 0.2) is 0 Å². The number of hydrogen-bond donors (Lipinski definition) is 8. The van der Waals surface area contributed by atoms with E-state index >= 15 is 0 Å². The van der Waals surface area contributed by atoms with Crippen LogP contribution in [0.5, 0.6) is 0 Å². The third kappa shape index (κ3) is 8.42. The van der Waals surface area contributed by atoms with Crippen LogP contribution in [0.3, 0.4) is 0 Å². The van der Waals surface area contributed by atoms with Crippen LogP contribution in [0.4, 0.5) is 0 Å². The molecule has 0 rings (SSSR count). The SMILES string of the molecule is N[C@@H](CSCC(O)CO)C(=O)N[C@@H](CO)C(=O)N[C@@H](CO)C(=O)O. The van der Waals surface area contributed by atoms with Crippen molar-refractivity contribution in [3.05, 3.63) is 0 Å². The quantitative estimate of drug-likeness (QED) is 0.165. The highest BCUT2D eigenvalue weighted by Crippen LogP contribution is 2.04. The van der Waals surface area contributed by atoms with E-state index in [-0.39, 0.29) is 11.5 Å². The Balaban J connectivity index is 4.45. The van der Waals surface area contributed by atoms with Crippen LogP contribution in [0.25, 0.3) is 0 Å². The van der Waals surface area contributed by atoms with Crippen molar-refractivity contribution >= 4 is 29.5 Å². The van der Waals surface area contributed by atoms with Crippen molar-refractivity contribution in [2.45, 2.75) is 24.2 Å². The maximum absolute atomic E-state index is 11.8. The second kappa shape index (κ2) is 12.0. The van der Waals surface area contributed by atoms with Crippen molar-refractivity contribution in [3.63, 3.8) is 0 Å². The average Bonchev–Trinajstić information content (AvgIpc) is 2.56. The lowest BCUT2D eigenvalue weighted by Crippen LogP contribution is -2.56. The largest absolute Gasteiger partial charge is 0.480 e. The zero-order valence-corrected chi connectivity index (χ0v) is 13.6. The summed E-state index contributed by atoms with van der Waals surface area (Å²) >= 11 is 1.11. The summed E-state index contributed by atoms with van der Waals surface area (Å²) in [7, 11) is 0. The van der Waals surface area contributed by atoms with E-state index in [9.17, 15) is 14.4 Å². The lowest BCUT2D eigenvalue weighted by molar-refractivity contribution is -0.143. The minimum Gasteiger partial charge on any atom is -0.480 e. The highest BCUT2D eigenvalue weighted by molar-refractivity contribution is 7.99. The van der Waals surface area contributed by atoms with Gasteiger partial charge >= 0.3 is 5.97 Å². The normalized spacial score (nSPS) is 15.9. The van der Waals surface area contributed by atoms with Gasteiger partial charge in [0.2, 0.25) is 11.8 Å². The molecule has 0 aliphatic rings. The van der Waals surface area contributed by atoms with E-state index in [1.807, 2.05) is 5.32 Å². The molecule has 0 heterocycles. The summed E-state index contributed by atoms with van der Waals surface area (Å²) < 4.78 is 0. The molecular formula is C12H23N3O8S. The van der Waals surface area contributed by atoms with Crippen molar-refractivity contribution in [2.75, 3.05) is 31.3 Å². The second-order valence-corrected chi connectivity index (χ2v) is 5.88. The number of aliphatic hydroxyl groups excluding tert-OH is 4. The number of carboxylic acids is 1. The molecule has 11 nitrogen and oxygen atoms in total. The Morgan fingerprint density at radius 1 is 0.917 bits per heavy atom. The summed E-state index contributed by atoms with van der Waals surface area (Å²) in [5, 5.41) is 48.6. The molecule has 0 aliphatic carbocycles. The zero-order valence-electron chi connectivity index (χ0n) is 12.8. The maximum Gasteiger partial charge on any atom is 0.328 e. The monoisotopic (exact) mass is 369 g/mol. The number of thioether (sulfide) groups is 1. The van der Waals surface area contributed by atoms with E-state index in [1.54, 1.807) is 0 Å². The van der Waals surface area contributed by atoms with Gasteiger partial charge in [-0.1, -0.05) is 0 Å². The van der Waals surface area contributed by atoms with E-state index in [4.69, 9.17) is 31.3 Å². The summed E-state index contributed by atoms with van der Waals surface area (Å²) in [6.07, 6.45) is -0.937. The summed E-state index contributed by atoms with van der Waals surface area (Å²) in [4.78, 5) is 34.3. The molecule has 0 fully saturated rings. The predicted octanol–water partition coefficient (Wildman–Crippen LogP) is -4.56. The minimum absolute atomic E-state index is 0.0943. The van der Waals surface area contributed by atoms with Crippen LogP contribution in [0.1, 0.15) is 0 Å². The summed E-state index contributed by atoms with van der Waals surface area (Å²) in [5.74, 6) is -2.95. The van der Waals surface area contributed by atoms with E-state index < -0.39 is 61.8 Å². The lowest BCUT2D eigenvalue weighted by Gasteiger charge is -2.20. The van der Waals surface area contributed by atoms with Crippen LogP contribution in [-0.4, -0.2) is 98.9 Å². The van der Waals surface area contributed by atoms with Gasteiger partial charge in [-0.2, -0.15) is 11.8 Å². The van der Waals surface area contributed by atoms with Gasteiger partial charge in [0.05, 0.1) is 32.0 Å². The number of amides is 2. The van der Waals surface area contributed by atoms with Gasteiger partial charge in [0.1, 0.15) is 12.1 Å². The first-order chi connectivity index (χ1) is 11.3. The summed E-state index contributed by atoms with van der Waals surface area (Å²) in [6, 6.07) is -4.03. The topological polar surface area (TPSA) is 202 Å². The fourth-order valence-electron chi connectivity index (χ4n) is 1.39. The second-order valence-electron chi connectivity index (χ2n) is 4.81. The molecule has 0 saturated heterocycles. The molecule has 0 aromatic rings. The maximum atomic E-state index is 11.8. The van der Waals surface area contributed by atoms with Gasteiger partial charge in [-0.25, -0.2) is 4.79 Å². The Bertz CT molecular complexity index is 425. The minimum atomic E-state index is -1.56. The van der Waals surface area contributed by atoms with Crippen LogP contribution >= 0.6 is 11.8 Å². The molecule has 24 heavy (non-hydrogen) atoms. The number of aliphatic carboxylic acids is 1. The van der Waals surface area contributed by atoms with Gasteiger partial charge in [0.25, 0.3) is 0 Å². The first-order valence-corrected chi connectivity index (χ1v) is 8.09. The van der Waals surface area contributed by atoms with Crippen molar-refractivity contribution < 1.29 is 39.9 Å². The van der Waals surface area contributed by atoms with Gasteiger partial charge in [0, 0.05) is 11.5 Å². The van der Waals surface area contributed by atoms with Gasteiger partial charge < -0.3 is 41.9 Å². The van der Waals surface area contributed by atoms with Crippen LogP contribution < -0.4 is 16.4 Å². The fourth-order valence-corrected chi connectivity index (χ4v) is 2.31. The Labute approximate surface area is 142 Å². The number of nitrogens with one attached hydrogen (secondary N) is 2. The molecule has 4 atom stereocenters. The van der Waals surface area contributed by atoms with Crippen molar-refractivity contribution in [3.8, 4) is 0 Å². The van der Waals surface area contributed by atoms with Gasteiger partial charge in [-0.15, -0.1) is 0 Å². The van der Waals surface area contributed by atoms with Gasteiger partial charge in [-0.05, 0) is 0 Å². The van der Waals surface area contributed by atoms with Crippen LogP contribution in [0.2, 0.25) is 0 Å². The Hall–Kier alpha value is -1.44. The third-order valence-electron chi connectivity index (χ3n) is 2.77. The highest BCUT2D eigenvalue weighted by atomic mass is 32.2. The molecule has 0 bridgehead atoms. The van der Waals surface area contributed by atoms with E-state index in [0.717, 1.165) is 11.8 Å². The number of carbonyl (C=O) groups is 3. The van der Waals surface area contributed by atoms with Crippen molar-refractivity contribution in [1.29, 1.82) is 0 Å². The number of carboxylic acid groups (broad SMARTS) is 1. The molecule has 0 radical (unpaired) electrons. The van der Waals surface area contributed by atoms with Crippen LogP contribution in [-0.2, 0) is 14.4 Å². The first kappa shape index (κ1) is 22.6. The average molecular weight is 369 g/mol. The number of rotatable bonds is 12. The van der Waals surface area contributed by atoms with E-state index in [2.05, 4.69) is 5.32 Å². The zero-order chi connectivity index (χ0) is 18.7. The molecular weight excluding hydrogens is 346 g/mol. The molecule has 0 aliphatic heterocycles. The number of nitrogens with two attached hydrogens (primary N) is 1. The summed E-state index contributed by atoms with van der Waals surface area (Å²) in [6.45, 7) is -2.06. The third-order valence-corrected chi connectivity index (χ3v) is 3.98. The number of hydrogen-bond acceptors (Lipinski definition) is 9. The highest BCUT2D eigenvalue weighted by Gasteiger charge is 2.27. The number of carbonyl (C=O) groups excluding carboxylic acids is 2. The predicted molar refractivity (Wildman–Crippen MR) is 84.1 cm³/mol. The fraction of sp³-hybridized carbons (Fsp3) is 0.750. The molecule has 140 valence electrons. The Morgan fingerprint density at radius 3 is 1.92 bits per heavy atom. The molecule has 2 amide bonds. The van der Waals surface area contributed by atoms with E-state index in [0.29, 0.717) is 0 Å². The lowest BCUT2D eigenvalue weighted by atomic mass is 10.2. The molecule has 12 heteroatoms. The van der Waals surface area contributed by atoms with Crippen LogP contribution in [0, 0.1) is 0 Å². The molecule has 1 unspecified atom stereocenters. The van der Waals surface area contributed by atoms with E-state index in [1.165, 1.54) is 0 Å². The van der Waals surface area contributed by atoms with Crippen LogP contribution in [0.15, 0.2) is 0 Å².